The standard InChI is InChI=1S/C11H11FN4O3/c1-19-7-2-3-8(9(12)6-7)11-13-14-15-16(11)5-4-10(17)18/h2-3,6H,4-5H2,1H3,(H,17,18). The first-order chi connectivity index (χ1) is 9.11. The van der Waals surface area contributed by atoms with E-state index in [2.05, 4.69) is 15.5 Å². The molecule has 0 spiro atoms. The van der Waals surface area contributed by atoms with Crippen molar-refractivity contribution in [1.29, 1.82) is 0 Å². The Morgan fingerprint density at radius 3 is 2.95 bits per heavy atom. The minimum atomic E-state index is -0.975. The number of halogens is 1. The molecule has 0 amide bonds. The third-order valence-electron chi connectivity index (χ3n) is 2.49. The number of hydrogen-bond donors (Lipinski definition) is 1. The van der Waals surface area contributed by atoms with Crippen LogP contribution in [-0.2, 0) is 11.3 Å². The van der Waals surface area contributed by atoms with Gasteiger partial charge in [-0.1, -0.05) is 0 Å². The van der Waals surface area contributed by atoms with Crippen molar-refractivity contribution in [3.8, 4) is 17.1 Å². The van der Waals surface area contributed by atoms with Crippen LogP contribution in [-0.4, -0.2) is 38.4 Å². The van der Waals surface area contributed by atoms with E-state index >= 15 is 0 Å². The zero-order valence-electron chi connectivity index (χ0n) is 10.1. The summed E-state index contributed by atoms with van der Waals surface area (Å²) in [5, 5.41) is 19.4. The summed E-state index contributed by atoms with van der Waals surface area (Å²) in [6.45, 7) is 0.0726. The van der Waals surface area contributed by atoms with Crippen LogP contribution in [0.1, 0.15) is 6.42 Å². The van der Waals surface area contributed by atoms with Crippen molar-refractivity contribution in [2.24, 2.45) is 0 Å². The predicted octanol–water partition coefficient (Wildman–Crippen LogP) is 0.962. The van der Waals surface area contributed by atoms with E-state index in [9.17, 15) is 9.18 Å². The lowest BCUT2D eigenvalue weighted by Gasteiger charge is -2.05. The van der Waals surface area contributed by atoms with E-state index < -0.39 is 11.8 Å². The number of aryl methyl sites for hydroxylation is 1. The largest absolute Gasteiger partial charge is 0.497 e. The third kappa shape index (κ3) is 2.84. The van der Waals surface area contributed by atoms with E-state index in [0.29, 0.717) is 5.75 Å². The first-order valence-corrected chi connectivity index (χ1v) is 5.43. The molecule has 0 aliphatic rings. The van der Waals surface area contributed by atoms with Gasteiger partial charge in [-0.25, -0.2) is 9.07 Å². The molecule has 0 fully saturated rings. The number of nitrogens with zero attached hydrogens (tertiary/aromatic N) is 4. The molecule has 2 rings (SSSR count). The van der Waals surface area contributed by atoms with Gasteiger partial charge in [0.1, 0.15) is 11.6 Å². The summed E-state index contributed by atoms with van der Waals surface area (Å²) in [4.78, 5) is 10.5. The van der Waals surface area contributed by atoms with Crippen LogP contribution in [0.5, 0.6) is 5.75 Å². The molecule has 2 aromatic rings. The smallest absolute Gasteiger partial charge is 0.305 e. The Balaban J connectivity index is 2.31. The average molecular weight is 266 g/mol. The van der Waals surface area contributed by atoms with Crippen LogP contribution in [0.25, 0.3) is 11.4 Å². The highest BCUT2D eigenvalue weighted by Gasteiger charge is 2.14. The molecule has 1 heterocycles. The zero-order chi connectivity index (χ0) is 13.8. The number of aromatic nitrogens is 4. The lowest BCUT2D eigenvalue weighted by molar-refractivity contribution is -0.137. The molecule has 0 unspecified atom stereocenters. The summed E-state index contributed by atoms with van der Waals surface area (Å²) >= 11 is 0. The van der Waals surface area contributed by atoms with E-state index in [1.807, 2.05) is 0 Å². The summed E-state index contributed by atoms with van der Waals surface area (Å²) in [5.74, 6) is -0.949. The Morgan fingerprint density at radius 2 is 2.32 bits per heavy atom. The summed E-state index contributed by atoms with van der Waals surface area (Å²) < 4.78 is 20.0. The lowest BCUT2D eigenvalue weighted by Crippen LogP contribution is -2.08. The van der Waals surface area contributed by atoms with E-state index in [1.54, 1.807) is 6.07 Å². The molecular formula is C11H11FN4O3. The Hall–Kier alpha value is -2.51. The number of rotatable bonds is 5. The highest BCUT2D eigenvalue weighted by atomic mass is 19.1. The second-order valence-electron chi connectivity index (χ2n) is 3.72. The zero-order valence-corrected chi connectivity index (χ0v) is 10.1. The summed E-state index contributed by atoms with van der Waals surface area (Å²) in [7, 11) is 1.44. The SMILES string of the molecule is COc1ccc(-c2nnnn2CCC(=O)O)c(F)c1. The molecule has 0 saturated heterocycles. The van der Waals surface area contributed by atoms with E-state index in [-0.39, 0.29) is 24.4 Å². The second-order valence-corrected chi connectivity index (χ2v) is 3.72. The number of hydrogen-bond acceptors (Lipinski definition) is 5. The van der Waals surface area contributed by atoms with Gasteiger partial charge in [0.05, 0.1) is 25.6 Å². The Bertz CT molecular complexity index is 599. The van der Waals surface area contributed by atoms with Crippen molar-refractivity contribution in [3.05, 3.63) is 24.0 Å². The number of ether oxygens (including phenoxy) is 1. The van der Waals surface area contributed by atoms with Crippen LogP contribution in [0.15, 0.2) is 18.2 Å². The maximum atomic E-state index is 13.9. The fourth-order valence-corrected chi connectivity index (χ4v) is 1.55. The monoisotopic (exact) mass is 266 g/mol. The molecule has 1 aromatic carbocycles. The highest BCUT2D eigenvalue weighted by molar-refractivity contribution is 5.66. The molecule has 8 heteroatoms. The number of tetrazole rings is 1. The molecule has 0 atom stereocenters. The van der Waals surface area contributed by atoms with Gasteiger partial charge in [0, 0.05) is 6.07 Å². The maximum Gasteiger partial charge on any atom is 0.305 e. The molecule has 0 aliphatic heterocycles. The Kier molecular flexibility index (Phi) is 3.69. The van der Waals surface area contributed by atoms with Gasteiger partial charge in [0.25, 0.3) is 0 Å². The minimum absolute atomic E-state index is 0.0726. The van der Waals surface area contributed by atoms with Gasteiger partial charge in [-0.05, 0) is 22.6 Å². The second kappa shape index (κ2) is 5.42. The first-order valence-electron chi connectivity index (χ1n) is 5.43. The molecule has 0 bridgehead atoms. The topological polar surface area (TPSA) is 90.1 Å². The van der Waals surface area contributed by atoms with Crippen molar-refractivity contribution in [3.63, 3.8) is 0 Å². The molecule has 19 heavy (non-hydrogen) atoms. The van der Waals surface area contributed by atoms with Crippen molar-refractivity contribution < 1.29 is 19.0 Å². The number of carboxylic acid groups (broad SMARTS) is 1. The number of carboxylic acids is 1. The van der Waals surface area contributed by atoms with Crippen LogP contribution in [0.2, 0.25) is 0 Å². The number of methoxy groups -OCH3 is 1. The molecule has 0 saturated carbocycles. The van der Waals surface area contributed by atoms with Gasteiger partial charge in [-0.3, -0.25) is 4.79 Å². The lowest BCUT2D eigenvalue weighted by atomic mass is 10.2. The summed E-state index contributed by atoms with van der Waals surface area (Å²) in [6, 6.07) is 4.28. The van der Waals surface area contributed by atoms with Crippen LogP contribution >= 0.6 is 0 Å². The number of aliphatic carboxylic acids is 1. The fraction of sp³-hybridized carbons (Fsp3) is 0.273. The molecule has 1 N–H and O–H groups in total. The minimum Gasteiger partial charge on any atom is -0.497 e. The van der Waals surface area contributed by atoms with Gasteiger partial charge >= 0.3 is 5.97 Å². The van der Waals surface area contributed by atoms with Gasteiger partial charge in [-0.15, -0.1) is 5.10 Å². The molecule has 7 nitrogen and oxygen atoms in total. The van der Waals surface area contributed by atoms with Crippen LogP contribution in [0.4, 0.5) is 4.39 Å². The van der Waals surface area contributed by atoms with Crippen molar-refractivity contribution in [1.82, 2.24) is 20.2 Å². The van der Waals surface area contributed by atoms with E-state index in [1.165, 1.54) is 23.9 Å². The Morgan fingerprint density at radius 1 is 1.53 bits per heavy atom. The third-order valence-corrected chi connectivity index (χ3v) is 2.49. The van der Waals surface area contributed by atoms with Gasteiger partial charge in [0.2, 0.25) is 0 Å². The van der Waals surface area contributed by atoms with Crippen LogP contribution < -0.4 is 4.74 Å². The maximum absolute atomic E-state index is 13.9. The first kappa shape index (κ1) is 12.9. The molecule has 100 valence electrons. The number of carbonyl (C=O) groups is 1. The predicted molar refractivity (Wildman–Crippen MR) is 62.0 cm³/mol. The molecule has 0 aliphatic carbocycles. The van der Waals surface area contributed by atoms with Gasteiger partial charge in [0.15, 0.2) is 5.82 Å². The van der Waals surface area contributed by atoms with E-state index in [4.69, 9.17) is 9.84 Å². The molecule has 1 aromatic heterocycles. The summed E-state index contributed by atoms with van der Waals surface area (Å²) in [6.07, 6.45) is -0.143. The van der Waals surface area contributed by atoms with Crippen molar-refractivity contribution >= 4 is 5.97 Å². The number of benzene rings is 1. The van der Waals surface area contributed by atoms with Gasteiger partial charge < -0.3 is 9.84 Å². The fourth-order valence-electron chi connectivity index (χ4n) is 1.55. The molecular weight excluding hydrogens is 255 g/mol. The normalized spacial score (nSPS) is 10.4. The van der Waals surface area contributed by atoms with Crippen LogP contribution in [0.3, 0.4) is 0 Å². The quantitative estimate of drug-likeness (QED) is 0.867. The van der Waals surface area contributed by atoms with E-state index in [0.717, 1.165) is 0 Å². The summed E-state index contributed by atoms with van der Waals surface area (Å²) in [5.41, 5.74) is 0.191. The van der Waals surface area contributed by atoms with Crippen molar-refractivity contribution in [2.75, 3.05) is 7.11 Å². The van der Waals surface area contributed by atoms with Crippen molar-refractivity contribution in [2.45, 2.75) is 13.0 Å². The average Bonchev–Trinajstić information content (AvgIpc) is 2.84. The highest BCUT2D eigenvalue weighted by Crippen LogP contribution is 2.24. The Labute approximate surface area is 107 Å². The van der Waals surface area contributed by atoms with Crippen LogP contribution in [0, 0.1) is 5.82 Å². The van der Waals surface area contributed by atoms with Gasteiger partial charge in [-0.2, -0.15) is 0 Å². The molecule has 0 radical (unpaired) electrons.